The van der Waals surface area contributed by atoms with Gasteiger partial charge in [-0.1, -0.05) is 18.2 Å². The molecule has 0 atom stereocenters. The number of nitrogens with one attached hydrogen (secondary N) is 1. The van der Waals surface area contributed by atoms with Gasteiger partial charge in [0.2, 0.25) is 5.91 Å². The molecule has 96 valence electrons. The highest BCUT2D eigenvalue weighted by atomic mass is 32.2. The summed E-state index contributed by atoms with van der Waals surface area (Å²) in [6.07, 6.45) is 2.05. The Morgan fingerprint density at radius 1 is 1.32 bits per heavy atom. The maximum Gasteiger partial charge on any atom is 0.229 e. The van der Waals surface area contributed by atoms with E-state index in [1.54, 1.807) is 11.3 Å². The van der Waals surface area contributed by atoms with Gasteiger partial charge in [0.25, 0.3) is 0 Å². The van der Waals surface area contributed by atoms with Crippen molar-refractivity contribution in [2.24, 2.45) is 5.92 Å². The van der Waals surface area contributed by atoms with Gasteiger partial charge < -0.3 is 5.32 Å². The minimum atomic E-state index is 0.132. The summed E-state index contributed by atoms with van der Waals surface area (Å²) in [6.45, 7) is 0. The number of nitrogens with zero attached hydrogens (tertiary/aromatic N) is 1. The predicted molar refractivity (Wildman–Crippen MR) is 78.5 cm³/mol. The molecule has 1 aliphatic carbocycles. The molecule has 1 aromatic heterocycles. The number of carbonyl (C=O) groups is 1. The molecule has 1 aliphatic heterocycles. The zero-order valence-electron chi connectivity index (χ0n) is 10.2. The lowest BCUT2D eigenvalue weighted by molar-refractivity contribution is -0.117. The number of hydrogen-bond donors (Lipinski definition) is 1. The quantitative estimate of drug-likeness (QED) is 0.914. The van der Waals surface area contributed by atoms with Crippen LogP contribution in [0.4, 0.5) is 5.13 Å². The topological polar surface area (TPSA) is 42.0 Å². The van der Waals surface area contributed by atoms with Gasteiger partial charge in [-0.05, 0) is 18.9 Å². The fourth-order valence-electron chi connectivity index (χ4n) is 2.20. The second-order valence-electron chi connectivity index (χ2n) is 4.84. The summed E-state index contributed by atoms with van der Waals surface area (Å²) >= 11 is 3.45. The van der Waals surface area contributed by atoms with Crippen LogP contribution < -0.4 is 5.32 Å². The smallest absolute Gasteiger partial charge is 0.229 e. The molecule has 2 heterocycles. The molecule has 1 fully saturated rings. The summed E-state index contributed by atoms with van der Waals surface area (Å²) in [7, 11) is 0. The van der Waals surface area contributed by atoms with Crippen molar-refractivity contribution in [3.8, 4) is 11.3 Å². The second kappa shape index (κ2) is 4.35. The lowest BCUT2D eigenvalue weighted by Gasteiger charge is -2.13. The monoisotopic (exact) mass is 288 g/mol. The van der Waals surface area contributed by atoms with Gasteiger partial charge >= 0.3 is 0 Å². The van der Waals surface area contributed by atoms with Crippen LogP contribution in [0.3, 0.4) is 0 Å². The molecular formula is C14H12N2OS2. The SMILES string of the molecule is O=C(Nc1nc2c(s1)CSc1ccccc1-2)C1CC1. The first-order valence-electron chi connectivity index (χ1n) is 6.34. The zero-order chi connectivity index (χ0) is 12.8. The molecule has 1 aromatic carbocycles. The first-order valence-corrected chi connectivity index (χ1v) is 8.14. The Hall–Kier alpha value is -1.33. The van der Waals surface area contributed by atoms with Crippen molar-refractivity contribution in [2.75, 3.05) is 5.32 Å². The highest BCUT2D eigenvalue weighted by Gasteiger charge is 2.30. The van der Waals surface area contributed by atoms with Crippen LogP contribution in [-0.2, 0) is 10.5 Å². The molecule has 1 saturated carbocycles. The summed E-state index contributed by atoms with van der Waals surface area (Å²) in [5.74, 6) is 1.30. The van der Waals surface area contributed by atoms with Crippen LogP contribution in [0, 0.1) is 5.92 Å². The van der Waals surface area contributed by atoms with Crippen molar-refractivity contribution in [3.63, 3.8) is 0 Å². The number of benzene rings is 1. The lowest BCUT2D eigenvalue weighted by atomic mass is 10.1. The molecule has 4 rings (SSSR count). The van der Waals surface area contributed by atoms with Crippen molar-refractivity contribution in [3.05, 3.63) is 29.1 Å². The fraction of sp³-hybridized carbons (Fsp3) is 0.286. The standard InChI is InChI=1S/C14H12N2OS2/c17-13(8-5-6-8)16-14-15-12-9-3-1-2-4-10(9)18-7-11(12)19-14/h1-4,8H,5-7H2,(H,15,16,17). The van der Waals surface area contributed by atoms with Gasteiger partial charge in [0.1, 0.15) is 0 Å². The zero-order valence-corrected chi connectivity index (χ0v) is 11.8. The Balaban J connectivity index is 1.68. The van der Waals surface area contributed by atoms with Crippen LogP contribution in [0.2, 0.25) is 0 Å². The van der Waals surface area contributed by atoms with E-state index in [1.165, 1.54) is 15.3 Å². The van der Waals surface area contributed by atoms with Crippen molar-refractivity contribution in [2.45, 2.75) is 23.5 Å². The Morgan fingerprint density at radius 3 is 3.00 bits per heavy atom. The minimum absolute atomic E-state index is 0.132. The number of amides is 1. The summed E-state index contributed by atoms with van der Waals surface area (Å²) in [6, 6.07) is 8.33. The summed E-state index contributed by atoms with van der Waals surface area (Å²) < 4.78 is 0. The average molecular weight is 288 g/mol. The third kappa shape index (κ3) is 2.07. The number of carbonyl (C=O) groups excluding carboxylic acids is 1. The molecule has 3 nitrogen and oxygen atoms in total. The van der Waals surface area contributed by atoms with Gasteiger partial charge in [-0.2, -0.15) is 0 Å². The van der Waals surface area contributed by atoms with Crippen molar-refractivity contribution < 1.29 is 4.79 Å². The Labute approximate surface area is 119 Å². The van der Waals surface area contributed by atoms with Crippen LogP contribution in [-0.4, -0.2) is 10.9 Å². The third-order valence-electron chi connectivity index (χ3n) is 3.38. The van der Waals surface area contributed by atoms with E-state index >= 15 is 0 Å². The molecule has 0 unspecified atom stereocenters. The number of thiazole rings is 1. The second-order valence-corrected chi connectivity index (χ2v) is 6.94. The van der Waals surface area contributed by atoms with Crippen LogP contribution in [0.5, 0.6) is 0 Å². The van der Waals surface area contributed by atoms with E-state index in [9.17, 15) is 4.79 Å². The van der Waals surface area contributed by atoms with E-state index in [0.717, 1.165) is 29.4 Å². The highest BCUT2D eigenvalue weighted by Crippen LogP contribution is 2.44. The van der Waals surface area contributed by atoms with Crippen LogP contribution in [0.25, 0.3) is 11.3 Å². The minimum Gasteiger partial charge on any atom is -0.302 e. The van der Waals surface area contributed by atoms with Gasteiger partial charge in [0, 0.05) is 27.0 Å². The number of fused-ring (bicyclic) bond motifs is 3. The van der Waals surface area contributed by atoms with E-state index in [2.05, 4.69) is 28.5 Å². The Kier molecular flexibility index (Phi) is 2.63. The molecule has 0 spiro atoms. The van der Waals surface area contributed by atoms with Gasteiger partial charge in [-0.25, -0.2) is 4.98 Å². The van der Waals surface area contributed by atoms with Crippen LogP contribution in [0.15, 0.2) is 29.2 Å². The normalized spacial score (nSPS) is 16.6. The first-order chi connectivity index (χ1) is 9.31. The van der Waals surface area contributed by atoms with Crippen LogP contribution >= 0.6 is 23.1 Å². The molecule has 1 N–H and O–H groups in total. The van der Waals surface area contributed by atoms with E-state index in [0.29, 0.717) is 0 Å². The maximum atomic E-state index is 11.8. The fourth-order valence-corrected chi connectivity index (χ4v) is 4.30. The molecule has 1 amide bonds. The molecule has 2 aliphatic rings. The highest BCUT2D eigenvalue weighted by molar-refractivity contribution is 7.98. The molecule has 19 heavy (non-hydrogen) atoms. The number of rotatable bonds is 2. The third-order valence-corrected chi connectivity index (χ3v) is 5.63. The Bertz CT molecular complexity index is 661. The summed E-state index contributed by atoms with van der Waals surface area (Å²) in [5.41, 5.74) is 2.24. The largest absolute Gasteiger partial charge is 0.302 e. The first kappa shape index (κ1) is 11.5. The molecule has 5 heteroatoms. The number of thioether (sulfide) groups is 1. The summed E-state index contributed by atoms with van der Waals surface area (Å²) in [5, 5.41) is 3.70. The average Bonchev–Trinajstić information content (AvgIpc) is 3.19. The molecular weight excluding hydrogens is 276 g/mol. The van der Waals surface area contributed by atoms with Gasteiger partial charge in [-0.3, -0.25) is 4.79 Å². The summed E-state index contributed by atoms with van der Waals surface area (Å²) in [4.78, 5) is 18.9. The predicted octanol–water partition coefficient (Wildman–Crippen LogP) is 3.76. The van der Waals surface area contributed by atoms with E-state index in [-0.39, 0.29) is 11.8 Å². The maximum absolute atomic E-state index is 11.8. The van der Waals surface area contributed by atoms with Crippen molar-refractivity contribution in [1.82, 2.24) is 4.98 Å². The molecule has 0 saturated heterocycles. The van der Waals surface area contributed by atoms with E-state index in [1.807, 2.05) is 17.8 Å². The molecule has 2 aromatic rings. The lowest BCUT2D eigenvalue weighted by Crippen LogP contribution is -2.12. The number of aromatic nitrogens is 1. The van der Waals surface area contributed by atoms with Gasteiger partial charge in [-0.15, -0.1) is 23.1 Å². The van der Waals surface area contributed by atoms with Gasteiger partial charge in [0.15, 0.2) is 5.13 Å². The van der Waals surface area contributed by atoms with E-state index in [4.69, 9.17) is 0 Å². The van der Waals surface area contributed by atoms with Gasteiger partial charge in [0.05, 0.1) is 5.69 Å². The van der Waals surface area contributed by atoms with Crippen molar-refractivity contribution >= 4 is 34.1 Å². The van der Waals surface area contributed by atoms with Crippen molar-refractivity contribution in [1.29, 1.82) is 0 Å². The van der Waals surface area contributed by atoms with E-state index < -0.39 is 0 Å². The molecule has 0 bridgehead atoms. The Morgan fingerprint density at radius 2 is 2.16 bits per heavy atom. The molecule has 0 radical (unpaired) electrons. The van der Waals surface area contributed by atoms with Crippen LogP contribution in [0.1, 0.15) is 17.7 Å². The number of hydrogen-bond acceptors (Lipinski definition) is 4. The number of anilines is 1.